The summed E-state index contributed by atoms with van der Waals surface area (Å²) < 4.78 is 5.43. The van der Waals surface area contributed by atoms with E-state index >= 15 is 0 Å². The lowest BCUT2D eigenvalue weighted by atomic mass is 9.91. The summed E-state index contributed by atoms with van der Waals surface area (Å²) in [5, 5.41) is 6.66. The van der Waals surface area contributed by atoms with Gasteiger partial charge in [-0.2, -0.15) is 4.98 Å². The van der Waals surface area contributed by atoms with Crippen molar-refractivity contribution < 1.29 is 9.53 Å². The molecule has 7 nitrogen and oxygen atoms in total. The number of benzene rings is 1. The Bertz CT molecular complexity index is 859. The van der Waals surface area contributed by atoms with E-state index in [-0.39, 0.29) is 11.9 Å². The standard InChI is InChI=1S/C23H33N5O2/c1-6-30-20-13-7-17(8-14-20)22(29)25-18-9-11-19(12-10-18)26-23-24-16(3)15(2)21(27-23)28(4)5/h7-8,13-14,18-19H,6,9-12H2,1-5H3,(H,25,29)(H,24,26,27)/t18-,19+. The number of amides is 1. The zero-order valence-corrected chi connectivity index (χ0v) is 18.7. The van der Waals surface area contributed by atoms with E-state index in [1.807, 2.05) is 64.0 Å². The van der Waals surface area contributed by atoms with Crippen LogP contribution in [0, 0.1) is 13.8 Å². The molecule has 1 aromatic carbocycles. The predicted molar refractivity (Wildman–Crippen MR) is 121 cm³/mol. The van der Waals surface area contributed by atoms with Crippen LogP contribution in [-0.4, -0.2) is 48.7 Å². The van der Waals surface area contributed by atoms with Crippen LogP contribution in [0.3, 0.4) is 0 Å². The maximum atomic E-state index is 12.5. The molecule has 1 amide bonds. The van der Waals surface area contributed by atoms with Gasteiger partial charge in [-0.3, -0.25) is 4.79 Å². The SMILES string of the molecule is CCOc1ccc(C(=O)N[C@H]2CC[C@@H](Nc3nc(C)c(C)c(N(C)C)n3)CC2)cc1. The summed E-state index contributed by atoms with van der Waals surface area (Å²) in [4.78, 5) is 23.8. The summed E-state index contributed by atoms with van der Waals surface area (Å²) in [6.07, 6.45) is 3.82. The van der Waals surface area contributed by atoms with Gasteiger partial charge in [0.25, 0.3) is 5.91 Å². The predicted octanol–water partition coefficient (Wildman–Crippen LogP) is 3.71. The highest BCUT2D eigenvalue weighted by Gasteiger charge is 2.24. The van der Waals surface area contributed by atoms with Gasteiger partial charge in [-0.05, 0) is 70.7 Å². The van der Waals surface area contributed by atoms with Crippen LogP contribution >= 0.6 is 0 Å². The van der Waals surface area contributed by atoms with Gasteiger partial charge >= 0.3 is 0 Å². The zero-order chi connectivity index (χ0) is 21.7. The third kappa shape index (κ3) is 5.40. The second-order valence-corrected chi connectivity index (χ2v) is 8.10. The first-order valence-electron chi connectivity index (χ1n) is 10.7. The van der Waals surface area contributed by atoms with Crippen molar-refractivity contribution >= 4 is 17.7 Å². The molecule has 1 fully saturated rings. The Morgan fingerprint density at radius 2 is 1.70 bits per heavy atom. The summed E-state index contributed by atoms with van der Waals surface area (Å²) in [6, 6.07) is 7.82. The molecule has 0 unspecified atom stereocenters. The van der Waals surface area contributed by atoms with E-state index in [9.17, 15) is 4.79 Å². The van der Waals surface area contributed by atoms with Crippen LogP contribution in [0.25, 0.3) is 0 Å². The van der Waals surface area contributed by atoms with Crippen molar-refractivity contribution in [1.29, 1.82) is 0 Å². The normalized spacial score (nSPS) is 18.6. The van der Waals surface area contributed by atoms with Crippen molar-refractivity contribution in [3.05, 3.63) is 41.1 Å². The van der Waals surface area contributed by atoms with E-state index in [2.05, 4.69) is 20.6 Å². The molecule has 0 bridgehead atoms. The number of aromatic nitrogens is 2. The molecule has 7 heteroatoms. The molecule has 1 aromatic heterocycles. The first kappa shape index (κ1) is 21.9. The Balaban J connectivity index is 1.52. The van der Waals surface area contributed by atoms with E-state index in [1.165, 1.54) is 0 Å². The highest BCUT2D eigenvalue weighted by atomic mass is 16.5. The van der Waals surface area contributed by atoms with Gasteiger partial charge in [0, 0.05) is 43.0 Å². The van der Waals surface area contributed by atoms with Crippen LogP contribution in [-0.2, 0) is 0 Å². The minimum atomic E-state index is -0.0254. The highest BCUT2D eigenvalue weighted by molar-refractivity contribution is 5.94. The van der Waals surface area contributed by atoms with Gasteiger partial charge in [-0.15, -0.1) is 0 Å². The van der Waals surface area contributed by atoms with E-state index in [0.29, 0.717) is 24.2 Å². The highest BCUT2D eigenvalue weighted by Crippen LogP contribution is 2.24. The van der Waals surface area contributed by atoms with Crippen molar-refractivity contribution in [2.45, 2.75) is 58.5 Å². The first-order valence-corrected chi connectivity index (χ1v) is 10.7. The molecular formula is C23H33N5O2. The third-order valence-corrected chi connectivity index (χ3v) is 5.61. The van der Waals surface area contributed by atoms with Gasteiger partial charge in [0.05, 0.1) is 6.61 Å². The van der Waals surface area contributed by atoms with Gasteiger partial charge in [0.2, 0.25) is 5.95 Å². The maximum Gasteiger partial charge on any atom is 0.251 e. The molecule has 0 saturated heterocycles. The number of carbonyl (C=O) groups is 1. The summed E-state index contributed by atoms with van der Waals surface area (Å²) in [5.74, 6) is 2.39. The fourth-order valence-electron chi connectivity index (χ4n) is 3.82. The molecule has 1 saturated carbocycles. The molecule has 30 heavy (non-hydrogen) atoms. The Labute approximate surface area is 179 Å². The Morgan fingerprint density at radius 1 is 1.07 bits per heavy atom. The molecule has 1 aliphatic carbocycles. The first-order chi connectivity index (χ1) is 14.4. The van der Waals surface area contributed by atoms with Crippen LogP contribution in [0.1, 0.15) is 54.2 Å². The molecular weight excluding hydrogens is 378 g/mol. The molecule has 0 radical (unpaired) electrons. The van der Waals surface area contributed by atoms with Crippen molar-refractivity contribution in [2.75, 3.05) is 30.9 Å². The lowest BCUT2D eigenvalue weighted by Gasteiger charge is -2.30. The van der Waals surface area contributed by atoms with Crippen LogP contribution in [0.4, 0.5) is 11.8 Å². The smallest absolute Gasteiger partial charge is 0.251 e. The Morgan fingerprint density at radius 3 is 2.30 bits per heavy atom. The summed E-state index contributed by atoms with van der Waals surface area (Å²) >= 11 is 0. The second kappa shape index (κ2) is 9.78. The number of hydrogen-bond acceptors (Lipinski definition) is 6. The number of nitrogens with zero attached hydrogens (tertiary/aromatic N) is 3. The largest absolute Gasteiger partial charge is 0.494 e. The van der Waals surface area contributed by atoms with Gasteiger partial charge in [-0.25, -0.2) is 4.98 Å². The molecule has 0 spiro atoms. The quantitative estimate of drug-likeness (QED) is 0.723. The van der Waals surface area contributed by atoms with E-state index in [1.54, 1.807) is 0 Å². The Hall–Kier alpha value is -2.83. The second-order valence-electron chi connectivity index (χ2n) is 8.10. The van der Waals surface area contributed by atoms with Gasteiger partial charge in [0.15, 0.2) is 0 Å². The monoisotopic (exact) mass is 411 g/mol. The minimum Gasteiger partial charge on any atom is -0.494 e. The van der Waals surface area contributed by atoms with Crippen molar-refractivity contribution in [3.8, 4) is 5.75 Å². The van der Waals surface area contributed by atoms with E-state index < -0.39 is 0 Å². The van der Waals surface area contributed by atoms with Gasteiger partial charge in [0.1, 0.15) is 11.6 Å². The molecule has 1 heterocycles. The fourth-order valence-corrected chi connectivity index (χ4v) is 3.82. The number of hydrogen-bond donors (Lipinski definition) is 2. The lowest BCUT2D eigenvalue weighted by Crippen LogP contribution is -2.40. The number of rotatable bonds is 7. The topological polar surface area (TPSA) is 79.4 Å². The fraction of sp³-hybridized carbons (Fsp3) is 0.522. The molecule has 1 aliphatic rings. The number of anilines is 2. The molecule has 162 valence electrons. The summed E-state index contributed by atoms with van der Waals surface area (Å²) in [6.45, 7) is 6.63. The third-order valence-electron chi connectivity index (χ3n) is 5.61. The van der Waals surface area contributed by atoms with Crippen molar-refractivity contribution in [2.24, 2.45) is 0 Å². The van der Waals surface area contributed by atoms with Gasteiger partial charge < -0.3 is 20.3 Å². The Kier molecular flexibility index (Phi) is 7.13. The molecule has 2 aromatic rings. The average molecular weight is 412 g/mol. The van der Waals surface area contributed by atoms with Crippen LogP contribution in [0.2, 0.25) is 0 Å². The lowest BCUT2D eigenvalue weighted by molar-refractivity contribution is 0.0926. The maximum absolute atomic E-state index is 12.5. The van der Waals surface area contributed by atoms with Crippen LogP contribution < -0.4 is 20.3 Å². The number of aryl methyl sites for hydroxylation is 1. The number of nitrogens with one attached hydrogen (secondary N) is 2. The van der Waals surface area contributed by atoms with E-state index in [4.69, 9.17) is 4.74 Å². The zero-order valence-electron chi connectivity index (χ0n) is 18.7. The molecule has 2 N–H and O–H groups in total. The molecule has 3 rings (SSSR count). The van der Waals surface area contributed by atoms with Crippen molar-refractivity contribution in [1.82, 2.24) is 15.3 Å². The van der Waals surface area contributed by atoms with Crippen LogP contribution in [0.15, 0.2) is 24.3 Å². The van der Waals surface area contributed by atoms with Crippen LogP contribution in [0.5, 0.6) is 5.75 Å². The average Bonchev–Trinajstić information content (AvgIpc) is 2.72. The minimum absolute atomic E-state index is 0.0254. The number of ether oxygens (including phenoxy) is 1. The van der Waals surface area contributed by atoms with Gasteiger partial charge in [-0.1, -0.05) is 0 Å². The van der Waals surface area contributed by atoms with E-state index in [0.717, 1.165) is 48.5 Å². The summed E-state index contributed by atoms with van der Waals surface area (Å²) in [7, 11) is 3.99. The summed E-state index contributed by atoms with van der Waals surface area (Å²) in [5.41, 5.74) is 2.76. The number of carbonyl (C=O) groups excluding carboxylic acids is 1. The molecule has 0 atom stereocenters. The van der Waals surface area contributed by atoms with Crippen molar-refractivity contribution in [3.63, 3.8) is 0 Å². The molecule has 0 aliphatic heterocycles.